The van der Waals surface area contributed by atoms with Gasteiger partial charge in [0, 0.05) is 12.1 Å². The summed E-state index contributed by atoms with van der Waals surface area (Å²) < 4.78 is 9.73. The zero-order valence-electron chi connectivity index (χ0n) is 9.11. The van der Waals surface area contributed by atoms with Crippen LogP contribution in [0.2, 0.25) is 0 Å². The van der Waals surface area contributed by atoms with Gasteiger partial charge in [0.15, 0.2) is 11.5 Å². The molecule has 0 radical (unpaired) electrons. The van der Waals surface area contributed by atoms with E-state index >= 15 is 0 Å². The van der Waals surface area contributed by atoms with Gasteiger partial charge in [0.05, 0.1) is 5.56 Å². The van der Waals surface area contributed by atoms with Crippen LogP contribution in [0.15, 0.2) is 27.2 Å². The zero-order chi connectivity index (χ0) is 14.2. The summed E-state index contributed by atoms with van der Waals surface area (Å²) in [5, 5.41) is 26.3. The molecule has 0 atom stereocenters. The second kappa shape index (κ2) is 4.33. The van der Waals surface area contributed by atoms with Crippen LogP contribution < -0.4 is 0 Å². The van der Waals surface area contributed by atoms with Gasteiger partial charge in [-0.3, -0.25) is 0 Å². The van der Waals surface area contributed by atoms with Crippen molar-refractivity contribution in [2.75, 3.05) is 0 Å². The summed E-state index contributed by atoms with van der Waals surface area (Å²) in [6.45, 7) is 0. The third-order valence-electron chi connectivity index (χ3n) is 2.25. The summed E-state index contributed by atoms with van der Waals surface area (Å²) in [5.41, 5.74) is -0.712. The molecule has 0 aromatic carbocycles. The Bertz CT molecular complexity index is 643. The van der Waals surface area contributed by atoms with Crippen LogP contribution in [0.4, 0.5) is 0 Å². The largest absolute Gasteiger partial charge is 0.478 e. The van der Waals surface area contributed by atoms with Crippen molar-refractivity contribution in [3.05, 3.63) is 35.3 Å². The first-order chi connectivity index (χ1) is 8.90. The van der Waals surface area contributed by atoms with Crippen molar-refractivity contribution in [1.82, 2.24) is 0 Å². The Labute approximate surface area is 104 Å². The number of carboxylic acid groups (broad SMARTS) is 3. The molecule has 0 aliphatic carbocycles. The van der Waals surface area contributed by atoms with Crippen LogP contribution in [0.3, 0.4) is 0 Å². The van der Waals surface area contributed by atoms with Crippen LogP contribution in [0.5, 0.6) is 0 Å². The molecule has 0 bridgehead atoms. The molecular weight excluding hydrogens is 260 g/mol. The molecule has 0 saturated carbocycles. The number of carboxylic acids is 3. The number of hydrogen-bond acceptors (Lipinski definition) is 5. The first kappa shape index (κ1) is 12.4. The van der Waals surface area contributed by atoms with E-state index < -0.39 is 29.2 Å². The van der Waals surface area contributed by atoms with Crippen molar-refractivity contribution >= 4 is 17.9 Å². The first-order valence-electron chi connectivity index (χ1n) is 4.82. The summed E-state index contributed by atoms with van der Waals surface area (Å²) in [4.78, 5) is 32.3. The fourth-order valence-electron chi connectivity index (χ4n) is 1.41. The van der Waals surface area contributed by atoms with Gasteiger partial charge in [0.25, 0.3) is 0 Å². The summed E-state index contributed by atoms with van der Waals surface area (Å²) in [7, 11) is 0. The van der Waals surface area contributed by atoms with Crippen molar-refractivity contribution in [2.24, 2.45) is 0 Å². The molecule has 8 heteroatoms. The maximum absolute atomic E-state index is 10.8. The molecule has 0 amide bonds. The fourth-order valence-corrected chi connectivity index (χ4v) is 1.41. The van der Waals surface area contributed by atoms with Crippen LogP contribution in [0.25, 0.3) is 11.5 Å². The van der Waals surface area contributed by atoms with Gasteiger partial charge in [-0.15, -0.1) is 0 Å². The summed E-state index contributed by atoms with van der Waals surface area (Å²) in [6, 6.07) is 2.05. The van der Waals surface area contributed by atoms with E-state index in [1.807, 2.05) is 0 Å². The van der Waals surface area contributed by atoms with Crippen LogP contribution in [-0.4, -0.2) is 33.2 Å². The second-order valence-corrected chi connectivity index (χ2v) is 3.47. The molecule has 0 unspecified atom stereocenters. The van der Waals surface area contributed by atoms with Crippen molar-refractivity contribution in [2.45, 2.75) is 0 Å². The average Bonchev–Trinajstić information content (AvgIpc) is 2.95. The van der Waals surface area contributed by atoms with Crippen molar-refractivity contribution in [1.29, 1.82) is 0 Å². The minimum absolute atomic E-state index is 0.0765. The lowest BCUT2D eigenvalue weighted by molar-refractivity contribution is 0.0626. The molecule has 0 spiro atoms. The number of carbonyl (C=O) groups is 3. The molecule has 2 heterocycles. The fraction of sp³-hybridized carbons (Fsp3) is 0. The Morgan fingerprint density at radius 3 is 2.00 bits per heavy atom. The zero-order valence-corrected chi connectivity index (χ0v) is 9.11. The third kappa shape index (κ3) is 2.18. The van der Waals surface area contributed by atoms with E-state index in [9.17, 15) is 14.4 Å². The highest BCUT2D eigenvalue weighted by atomic mass is 16.4. The van der Waals surface area contributed by atoms with Crippen LogP contribution >= 0.6 is 0 Å². The molecule has 0 aliphatic heterocycles. The highest BCUT2D eigenvalue weighted by molar-refractivity contribution is 6.00. The Hall–Kier alpha value is -3.03. The Balaban J connectivity index is 2.50. The lowest BCUT2D eigenvalue weighted by atomic mass is 10.2. The molecule has 0 fully saturated rings. The summed E-state index contributed by atoms with van der Waals surface area (Å²) >= 11 is 0. The van der Waals surface area contributed by atoms with E-state index in [1.165, 1.54) is 0 Å². The second-order valence-electron chi connectivity index (χ2n) is 3.47. The molecule has 0 aliphatic rings. The van der Waals surface area contributed by atoms with Gasteiger partial charge in [0.1, 0.15) is 11.8 Å². The van der Waals surface area contributed by atoms with Crippen molar-refractivity contribution in [3.8, 4) is 11.5 Å². The smallest absolute Gasteiger partial charge is 0.372 e. The van der Waals surface area contributed by atoms with Crippen LogP contribution in [0.1, 0.15) is 31.3 Å². The number of aromatic carboxylic acids is 3. The lowest BCUT2D eigenvalue weighted by Crippen LogP contribution is -2.03. The van der Waals surface area contributed by atoms with E-state index in [2.05, 4.69) is 0 Å². The van der Waals surface area contributed by atoms with Gasteiger partial charge < -0.3 is 24.2 Å². The Kier molecular flexibility index (Phi) is 2.83. The van der Waals surface area contributed by atoms with Crippen molar-refractivity contribution in [3.63, 3.8) is 0 Å². The summed E-state index contributed by atoms with van der Waals surface area (Å²) in [5.74, 6) is -5.27. The van der Waals surface area contributed by atoms with Crippen LogP contribution in [0, 0.1) is 0 Å². The van der Waals surface area contributed by atoms with E-state index in [-0.39, 0.29) is 17.1 Å². The first-order valence-corrected chi connectivity index (χ1v) is 4.82. The van der Waals surface area contributed by atoms with Gasteiger partial charge >= 0.3 is 17.9 Å². The number of rotatable bonds is 4. The topological polar surface area (TPSA) is 138 Å². The van der Waals surface area contributed by atoms with Gasteiger partial charge in [0.2, 0.25) is 5.76 Å². The molecule has 2 aromatic heterocycles. The molecule has 8 nitrogen and oxygen atoms in total. The SMILES string of the molecule is O=C(O)c1coc(-c2cc(C(=O)O)c(C(=O)O)o2)c1. The Morgan fingerprint density at radius 2 is 1.58 bits per heavy atom. The molecule has 98 valence electrons. The van der Waals surface area contributed by atoms with Gasteiger partial charge in [-0.2, -0.15) is 0 Å². The quantitative estimate of drug-likeness (QED) is 0.758. The normalized spacial score (nSPS) is 10.3. The minimum Gasteiger partial charge on any atom is -0.478 e. The molecule has 19 heavy (non-hydrogen) atoms. The third-order valence-corrected chi connectivity index (χ3v) is 2.25. The molecule has 3 N–H and O–H groups in total. The van der Waals surface area contributed by atoms with Gasteiger partial charge in [-0.05, 0) is 0 Å². The number of hydrogen-bond donors (Lipinski definition) is 3. The minimum atomic E-state index is -1.55. The Morgan fingerprint density at radius 1 is 0.895 bits per heavy atom. The predicted molar refractivity (Wildman–Crippen MR) is 57.3 cm³/mol. The van der Waals surface area contributed by atoms with E-state index in [4.69, 9.17) is 24.2 Å². The number of furan rings is 2. The standard InChI is InChI=1S/C11H6O8/c12-9(13)4-1-6(18-3-4)7-2-5(10(14)15)8(19-7)11(16)17/h1-3H,(H,12,13)(H,14,15)(H,16,17). The molecule has 2 aromatic rings. The van der Waals surface area contributed by atoms with Crippen LogP contribution in [-0.2, 0) is 0 Å². The highest BCUT2D eigenvalue weighted by Crippen LogP contribution is 2.27. The maximum Gasteiger partial charge on any atom is 0.372 e. The predicted octanol–water partition coefficient (Wildman–Crippen LogP) is 1.63. The van der Waals surface area contributed by atoms with Crippen molar-refractivity contribution < 1.29 is 38.5 Å². The average molecular weight is 266 g/mol. The molecule has 2 rings (SSSR count). The highest BCUT2D eigenvalue weighted by Gasteiger charge is 2.24. The maximum atomic E-state index is 10.8. The summed E-state index contributed by atoms with van der Waals surface area (Å²) in [6.07, 6.45) is 0.932. The molecular formula is C11H6O8. The monoisotopic (exact) mass is 266 g/mol. The van der Waals surface area contributed by atoms with E-state index in [0.29, 0.717) is 0 Å². The molecule has 0 saturated heterocycles. The van der Waals surface area contributed by atoms with Gasteiger partial charge in [-0.1, -0.05) is 0 Å². The van der Waals surface area contributed by atoms with E-state index in [1.54, 1.807) is 0 Å². The van der Waals surface area contributed by atoms with E-state index in [0.717, 1.165) is 18.4 Å². The lowest BCUT2D eigenvalue weighted by Gasteiger charge is -1.89. The van der Waals surface area contributed by atoms with Gasteiger partial charge in [-0.25, -0.2) is 14.4 Å².